The number of imidazole rings is 1. The van der Waals surface area contributed by atoms with Crippen LogP contribution in [0.1, 0.15) is 37.4 Å². The highest BCUT2D eigenvalue weighted by Gasteiger charge is 2.11. The first-order chi connectivity index (χ1) is 9.67. The molecule has 0 aliphatic rings. The van der Waals surface area contributed by atoms with Crippen molar-refractivity contribution in [2.45, 2.75) is 40.7 Å². The van der Waals surface area contributed by atoms with Crippen molar-refractivity contribution in [2.75, 3.05) is 26.2 Å². The van der Waals surface area contributed by atoms with Gasteiger partial charge in [-0.3, -0.25) is 4.40 Å². The van der Waals surface area contributed by atoms with E-state index in [1.165, 1.54) is 24.4 Å². The third kappa shape index (κ3) is 3.40. The van der Waals surface area contributed by atoms with Gasteiger partial charge in [-0.15, -0.1) is 11.3 Å². The van der Waals surface area contributed by atoms with Gasteiger partial charge in [0.1, 0.15) is 0 Å². The molecule has 4 nitrogen and oxygen atoms in total. The van der Waals surface area contributed by atoms with Crippen LogP contribution in [-0.2, 0) is 6.54 Å². The summed E-state index contributed by atoms with van der Waals surface area (Å²) >= 11 is 1.72. The highest BCUT2D eigenvalue weighted by Crippen LogP contribution is 2.20. The molecule has 0 saturated heterocycles. The zero-order valence-electron chi connectivity index (χ0n) is 13.1. The Bertz CT molecular complexity index is 539. The maximum absolute atomic E-state index is 4.62. The first-order valence-electron chi connectivity index (χ1n) is 7.52. The summed E-state index contributed by atoms with van der Waals surface area (Å²) in [5, 5.41) is 5.73. The van der Waals surface area contributed by atoms with Gasteiger partial charge in [-0.2, -0.15) is 0 Å². The average molecular weight is 294 g/mol. The van der Waals surface area contributed by atoms with Crippen molar-refractivity contribution in [1.82, 2.24) is 19.6 Å². The molecule has 2 rings (SSSR count). The van der Waals surface area contributed by atoms with Crippen LogP contribution in [0.2, 0.25) is 0 Å². The number of hydrogen-bond acceptors (Lipinski definition) is 4. The normalized spacial score (nSPS) is 11.8. The second kappa shape index (κ2) is 7.20. The van der Waals surface area contributed by atoms with Crippen LogP contribution in [0.25, 0.3) is 4.96 Å². The van der Waals surface area contributed by atoms with Crippen LogP contribution in [0.15, 0.2) is 5.38 Å². The Hall–Kier alpha value is -0.910. The number of fused-ring (bicyclic) bond motifs is 1. The maximum Gasteiger partial charge on any atom is 0.194 e. The maximum atomic E-state index is 4.62. The number of rotatable bonds is 8. The van der Waals surface area contributed by atoms with Crippen LogP contribution >= 0.6 is 11.3 Å². The zero-order valence-corrected chi connectivity index (χ0v) is 13.9. The topological polar surface area (TPSA) is 32.6 Å². The zero-order chi connectivity index (χ0) is 14.5. The molecule has 0 saturated carbocycles. The summed E-state index contributed by atoms with van der Waals surface area (Å²) in [6, 6.07) is 0. The minimum Gasteiger partial charge on any atom is -0.311 e. The fourth-order valence-corrected chi connectivity index (χ4v) is 3.48. The summed E-state index contributed by atoms with van der Waals surface area (Å²) < 4.78 is 2.28. The Morgan fingerprint density at radius 3 is 2.75 bits per heavy atom. The van der Waals surface area contributed by atoms with Gasteiger partial charge in [0, 0.05) is 17.6 Å². The lowest BCUT2D eigenvalue weighted by molar-refractivity contribution is 0.298. The molecule has 0 fully saturated rings. The number of nitrogens with one attached hydrogen (secondary N) is 1. The lowest BCUT2D eigenvalue weighted by atomic mass is 10.3. The quantitative estimate of drug-likeness (QED) is 0.760. The average Bonchev–Trinajstić information content (AvgIpc) is 2.94. The molecule has 0 spiro atoms. The van der Waals surface area contributed by atoms with E-state index in [0.29, 0.717) is 0 Å². The second-order valence-electron chi connectivity index (χ2n) is 5.20. The van der Waals surface area contributed by atoms with Gasteiger partial charge < -0.3 is 10.2 Å². The van der Waals surface area contributed by atoms with Gasteiger partial charge in [-0.25, -0.2) is 4.98 Å². The molecule has 2 aromatic heterocycles. The summed E-state index contributed by atoms with van der Waals surface area (Å²) in [4.78, 5) is 8.20. The van der Waals surface area contributed by atoms with Crippen LogP contribution in [-0.4, -0.2) is 40.5 Å². The molecule has 2 aromatic rings. The molecular weight excluding hydrogens is 268 g/mol. The van der Waals surface area contributed by atoms with E-state index in [1.54, 1.807) is 11.3 Å². The van der Waals surface area contributed by atoms with Crippen molar-refractivity contribution < 1.29 is 0 Å². The van der Waals surface area contributed by atoms with E-state index in [2.05, 4.69) is 52.7 Å². The van der Waals surface area contributed by atoms with E-state index >= 15 is 0 Å². The van der Waals surface area contributed by atoms with E-state index in [1.807, 2.05) is 0 Å². The predicted molar refractivity (Wildman–Crippen MR) is 86.7 cm³/mol. The second-order valence-corrected chi connectivity index (χ2v) is 6.03. The van der Waals surface area contributed by atoms with E-state index in [4.69, 9.17) is 0 Å². The summed E-state index contributed by atoms with van der Waals surface area (Å²) in [5.41, 5.74) is 3.74. The van der Waals surface area contributed by atoms with E-state index in [-0.39, 0.29) is 0 Å². The Morgan fingerprint density at radius 2 is 2.05 bits per heavy atom. The fourth-order valence-electron chi connectivity index (χ4n) is 2.55. The van der Waals surface area contributed by atoms with Gasteiger partial charge in [0.15, 0.2) is 4.96 Å². The highest BCUT2D eigenvalue weighted by atomic mass is 32.1. The third-order valence-corrected chi connectivity index (χ3v) is 4.79. The Kier molecular flexibility index (Phi) is 5.57. The number of nitrogens with zero attached hydrogens (tertiary/aromatic N) is 3. The number of thiazole rings is 1. The molecule has 0 amide bonds. The molecule has 0 aliphatic carbocycles. The molecule has 0 unspecified atom stereocenters. The van der Waals surface area contributed by atoms with Crippen LogP contribution in [0, 0.1) is 13.8 Å². The van der Waals surface area contributed by atoms with Crippen molar-refractivity contribution in [3.8, 4) is 0 Å². The number of hydrogen-bond donors (Lipinski definition) is 1. The minimum absolute atomic E-state index is 0.906. The SMILES string of the molecule is CCN(CC)CCCNCc1c(C)nc2scc(C)n12. The lowest BCUT2D eigenvalue weighted by Crippen LogP contribution is -2.27. The highest BCUT2D eigenvalue weighted by molar-refractivity contribution is 7.15. The molecule has 0 aromatic carbocycles. The lowest BCUT2D eigenvalue weighted by Gasteiger charge is -2.17. The molecule has 2 heterocycles. The first kappa shape index (κ1) is 15.5. The minimum atomic E-state index is 0.906. The fraction of sp³-hybridized carbons (Fsp3) is 0.667. The van der Waals surface area contributed by atoms with Gasteiger partial charge in [0.2, 0.25) is 0 Å². The molecule has 1 N–H and O–H groups in total. The molecule has 0 radical (unpaired) electrons. The predicted octanol–water partition coefficient (Wildman–Crippen LogP) is 2.83. The monoisotopic (exact) mass is 294 g/mol. The largest absolute Gasteiger partial charge is 0.311 e. The summed E-state index contributed by atoms with van der Waals surface area (Å²) in [6.45, 7) is 14.1. The Labute approximate surface area is 125 Å². The van der Waals surface area contributed by atoms with E-state index in [0.717, 1.165) is 36.8 Å². The van der Waals surface area contributed by atoms with E-state index < -0.39 is 0 Å². The Morgan fingerprint density at radius 1 is 1.30 bits per heavy atom. The number of aromatic nitrogens is 2. The first-order valence-corrected chi connectivity index (χ1v) is 8.40. The Balaban J connectivity index is 1.84. The van der Waals surface area contributed by atoms with Crippen LogP contribution in [0.3, 0.4) is 0 Å². The third-order valence-electron chi connectivity index (χ3n) is 3.84. The summed E-state index contributed by atoms with van der Waals surface area (Å²) in [7, 11) is 0. The van der Waals surface area contributed by atoms with Gasteiger partial charge in [-0.05, 0) is 46.4 Å². The van der Waals surface area contributed by atoms with Crippen molar-refractivity contribution in [3.05, 3.63) is 22.5 Å². The summed E-state index contributed by atoms with van der Waals surface area (Å²) in [5.74, 6) is 0. The number of aryl methyl sites for hydroxylation is 2. The van der Waals surface area contributed by atoms with Gasteiger partial charge in [-0.1, -0.05) is 13.8 Å². The van der Waals surface area contributed by atoms with E-state index in [9.17, 15) is 0 Å². The molecule has 20 heavy (non-hydrogen) atoms. The molecule has 112 valence electrons. The van der Waals surface area contributed by atoms with Crippen LogP contribution in [0.4, 0.5) is 0 Å². The summed E-state index contributed by atoms with van der Waals surface area (Å²) in [6.07, 6.45) is 1.20. The molecule has 0 atom stereocenters. The molecule has 5 heteroatoms. The van der Waals surface area contributed by atoms with Gasteiger partial charge >= 0.3 is 0 Å². The molecule has 0 aliphatic heterocycles. The van der Waals surface area contributed by atoms with Gasteiger partial charge in [0.05, 0.1) is 11.4 Å². The standard InChI is InChI=1S/C15H26N4S/c1-5-18(6-2)9-7-8-16-10-14-13(4)17-15-19(14)12(3)11-20-15/h11,16H,5-10H2,1-4H3. The van der Waals surface area contributed by atoms with Crippen molar-refractivity contribution in [2.24, 2.45) is 0 Å². The smallest absolute Gasteiger partial charge is 0.194 e. The molecular formula is C15H26N4S. The van der Waals surface area contributed by atoms with Crippen LogP contribution < -0.4 is 5.32 Å². The molecule has 0 bridgehead atoms. The van der Waals surface area contributed by atoms with Crippen molar-refractivity contribution >= 4 is 16.3 Å². The van der Waals surface area contributed by atoms with Crippen LogP contribution in [0.5, 0.6) is 0 Å². The van der Waals surface area contributed by atoms with Crippen molar-refractivity contribution in [3.63, 3.8) is 0 Å². The van der Waals surface area contributed by atoms with Crippen molar-refractivity contribution in [1.29, 1.82) is 0 Å². The van der Waals surface area contributed by atoms with Gasteiger partial charge in [0.25, 0.3) is 0 Å².